The molecule has 0 bridgehead atoms. The van der Waals surface area contributed by atoms with Crippen LogP contribution in [0.5, 0.6) is 0 Å². The van der Waals surface area contributed by atoms with Gasteiger partial charge in [-0.3, -0.25) is 4.79 Å². The third kappa shape index (κ3) is 3.90. The highest BCUT2D eigenvalue weighted by Gasteiger charge is 2.18. The summed E-state index contributed by atoms with van der Waals surface area (Å²) in [6.45, 7) is 4.41. The number of hydrogen-bond donors (Lipinski definition) is 2. The summed E-state index contributed by atoms with van der Waals surface area (Å²) in [6, 6.07) is 3.45. The maximum Gasteiger partial charge on any atom is 0.254 e. The van der Waals surface area contributed by atoms with Gasteiger partial charge in [-0.2, -0.15) is 0 Å². The van der Waals surface area contributed by atoms with E-state index in [1.165, 1.54) is 0 Å². The van der Waals surface area contributed by atoms with Gasteiger partial charge in [0.25, 0.3) is 5.91 Å². The Morgan fingerprint density at radius 3 is 2.79 bits per heavy atom. The van der Waals surface area contributed by atoms with Gasteiger partial charge in [0.15, 0.2) is 0 Å². The number of hydrogen-bond acceptors (Lipinski definition) is 5. The Morgan fingerprint density at radius 2 is 2.26 bits per heavy atom. The quantitative estimate of drug-likeness (QED) is 0.594. The van der Waals surface area contributed by atoms with Crippen molar-refractivity contribution < 1.29 is 9.53 Å². The van der Waals surface area contributed by atoms with Crippen LogP contribution in [-0.4, -0.2) is 42.6 Å². The van der Waals surface area contributed by atoms with Gasteiger partial charge >= 0.3 is 0 Å². The zero-order valence-corrected chi connectivity index (χ0v) is 11.9. The molecule has 0 fully saturated rings. The highest BCUT2D eigenvalue weighted by Crippen LogP contribution is 2.13. The van der Waals surface area contributed by atoms with Crippen LogP contribution in [-0.2, 0) is 11.2 Å². The minimum absolute atomic E-state index is 0.00466. The number of nitrogens with two attached hydrogens (primary N) is 1. The first kappa shape index (κ1) is 15.4. The van der Waals surface area contributed by atoms with E-state index in [-0.39, 0.29) is 11.9 Å². The minimum Gasteiger partial charge on any atom is -0.383 e. The number of ether oxygens (including phenoxy) is 1. The summed E-state index contributed by atoms with van der Waals surface area (Å²) >= 11 is 0. The Morgan fingerprint density at radius 1 is 1.58 bits per heavy atom. The van der Waals surface area contributed by atoms with Crippen molar-refractivity contribution in [3.8, 4) is 0 Å². The first-order chi connectivity index (χ1) is 9.03. The van der Waals surface area contributed by atoms with Crippen LogP contribution < -0.4 is 11.3 Å². The van der Waals surface area contributed by atoms with Crippen LogP contribution >= 0.6 is 0 Å². The van der Waals surface area contributed by atoms with E-state index >= 15 is 0 Å². The molecule has 6 heteroatoms. The van der Waals surface area contributed by atoms with E-state index in [4.69, 9.17) is 10.6 Å². The Bertz CT molecular complexity index is 414. The summed E-state index contributed by atoms with van der Waals surface area (Å²) in [6.07, 6.45) is 0.743. The average Bonchev–Trinajstić information content (AvgIpc) is 2.45. The van der Waals surface area contributed by atoms with Gasteiger partial charge in [0, 0.05) is 25.4 Å². The summed E-state index contributed by atoms with van der Waals surface area (Å²) < 4.78 is 5.06. The normalized spacial score (nSPS) is 12.1. The van der Waals surface area contributed by atoms with Crippen molar-refractivity contribution in [1.82, 2.24) is 9.88 Å². The molecule has 6 nitrogen and oxygen atoms in total. The highest BCUT2D eigenvalue weighted by atomic mass is 16.5. The first-order valence-electron chi connectivity index (χ1n) is 6.27. The van der Waals surface area contributed by atoms with Crippen LogP contribution in [0.15, 0.2) is 12.1 Å². The number of pyridine rings is 1. The first-order valence-corrected chi connectivity index (χ1v) is 6.27. The lowest BCUT2D eigenvalue weighted by Crippen LogP contribution is -2.38. The SMILES string of the molecule is CCc1cc(C(=O)N(C)C(C)COC)cc(NN)n1. The van der Waals surface area contributed by atoms with E-state index in [9.17, 15) is 4.79 Å². The van der Waals surface area contributed by atoms with Crippen LogP contribution in [0.2, 0.25) is 0 Å². The molecule has 3 N–H and O–H groups in total. The molecule has 1 aromatic heterocycles. The second-order valence-corrected chi connectivity index (χ2v) is 4.45. The van der Waals surface area contributed by atoms with Gasteiger partial charge in [-0.1, -0.05) is 6.92 Å². The number of anilines is 1. The van der Waals surface area contributed by atoms with Crippen LogP contribution in [0.1, 0.15) is 29.9 Å². The number of nitrogens with zero attached hydrogens (tertiary/aromatic N) is 2. The Hall–Kier alpha value is -1.66. The van der Waals surface area contributed by atoms with Crippen molar-refractivity contribution in [1.29, 1.82) is 0 Å². The lowest BCUT2D eigenvalue weighted by Gasteiger charge is -2.24. The maximum absolute atomic E-state index is 12.4. The molecular formula is C13H22N4O2. The molecule has 106 valence electrons. The number of nitrogen functional groups attached to an aromatic ring is 1. The molecule has 0 radical (unpaired) electrons. The smallest absolute Gasteiger partial charge is 0.254 e. The number of likely N-dealkylation sites (N-methyl/N-ethyl adjacent to an activating group) is 1. The van der Waals surface area contributed by atoms with E-state index in [1.807, 2.05) is 13.8 Å². The largest absolute Gasteiger partial charge is 0.383 e. The standard InChI is InChI=1S/C13H22N4O2/c1-5-11-6-10(7-12(15-11)16-14)13(18)17(3)9(2)8-19-4/h6-7,9H,5,8,14H2,1-4H3,(H,15,16). The van der Waals surface area contributed by atoms with Crippen LogP contribution in [0.25, 0.3) is 0 Å². The van der Waals surface area contributed by atoms with E-state index in [2.05, 4.69) is 10.4 Å². The predicted octanol–water partition coefficient (Wildman–Crippen LogP) is 1.04. The Labute approximate surface area is 113 Å². The second-order valence-electron chi connectivity index (χ2n) is 4.45. The number of rotatable bonds is 6. The molecule has 0 aliphatic rings. The number of aromatic nitrogens is 1. The van der Waals surface area contributed by atoms with Crippen molar-refractivity contribution in [3.63, 3.8) is 0 Å². The van der Waals surface area contributed by atoms with Crippen LogP contribution in [0, 0.1) is 0 Å². The topological polar surface area (TPSA) is 80.5 Å². The number of carbonyl (C=O) groups excluding carboxylic acids is 1. The van der Waals surface area contributed by atoms with E-state index in [0.29, 0.717) is 18.0 Å². The minimum atomic E-state index is -0.0712. The molecule has 0 aliphatic heterocycles. The monoisotopic (exact) mass is 266 g/mol. The molecule has 0 spiro atoms. The number of carbonyl (C=O) groups is 1. The molecule has 1 unspecified atom stereocenters. The number of aryl methyl sites for hydroxylation is 1. The summed E-state index contributed by atoms with van der Waals surface area (Å²) in [7, 11) is 3.38. The number of hydrazine groups is 1. The van der Waals surface area contributed by atoms with Gasteiger partial charge in [0.2, 0.25) is 0 Å². The van der Waals surface area contributed by atoms with Gasteiger partial charge < -0.3 is 15.1 Å². The molecule has 1 amide bonds. The average molecular weight is 266 g/mol. The number of nitrogens with one attached hydrogen (secondary N) is 1. The lowest BCUT2D eigenvalue weighted by atomic mass is 10.1. The maximum atomic E-state index is 12.4. The zero-order valence-electron chi connectivity index (χ0n) is 11.9. The van der Waals surface area contributed by atoms with Crippen LogP contribution in [0.3, 0.4) is 0 Å². The van der Waals surface area contributed by atoms with Gasteiger partial charge in [0.05, 0.1) is 12.6 Å². The van der Waals surface area contributed by atoms with Crippen LogP contribution in [0.4, 0.5) is 5.82 Å². The molecule has 1 heterocycles. The lowest BCUT2D eigenvalue weighted by molar-refractivity contribution is 0.0633. The fourth-order valence-corrected chi connectivity index (χ4v) is 1.72. The molecule has 1 aromatic rings. The van der Waals surface area contributed by atoms with Crippen molar-refractivity contribution >= 4 is 11.7 Å². The van der Waals surface area contributed by atoms with E-state index in [1.54, 1.807) is 31.2 Å². The number of amides is 1. The fraction of sp³-hybridized carbons (Fsp3) is 0.538. The summed E-state index contributed by atoms with van der Waals surface area (Å²) in [5, 5.41) is 0. The molecule has 0 aliphatic carbocycles. The molecule has 1 rings (SSSR count). The molecule has 0 saturated heterocycles. The zero-order chi connectivity index (χ0) is 14.4. The molecule has 19 heavy (non-hydrogen) atoms. The summed E-state index contributed by atoms with van der Waals surface area (Å²) in [5.41, 5.74) is 3.88. The predicted molar refractivity (Wildman–Crippen MR) is 74.9 cm³/mol. The van der Waals surface area contributed by atoms with Crippen molar-refractivity contribution in [2.75, 3.05) is 26.2 Å². The Kier molecular flexibility index (Phi) is 5.72. The third-order valence-corrected chi connectivity index (χ3v) is 3.02. The summed E-state index contributed by atoms with van der Waals surface area (Å²) in [4.78, 5) is 18.3. The number of methoxy groups -OCH3 is 1. The van der Waals surface area contributed by atoms with Gasteiger partial charge in [0.1, 0.15) is 5.82 Å². The fourth-order valence-electron chi connectivity index (χ4n) is 1.72. The third-order valence-electron chi connectivity index (χ3n) is 3.02. The van der Waals surface area contributed by atoms with Gasteiger partial charge in [-0.05, 0) is 25.5 Å². The summed E-state index contributed by atoms with van der Waals surface area (Å²) in [5.74, 6) is 5.79. The van der Waals surface area contributed by atoms with E-state index < -0.39 is 0 Å². The Balaban J connectivity index is 2.98. The van der Waals surface area contributed by atoms with Gasteiger partial charge in [-0.15, -0.1) is 0 Å². The van der Waals surface area contributed by atoms with E-state index in [0.717, 1.165) is 12.1 Å². The van der Waals surface area contributed by atoms with Crippen molar-refractivity contribution in [2.45, 2.75) is 26.3 Å². The van der Waals surface area contributed by atoms with Crippen molar-refractivity contribution in [3.05, 3.63) is 23.4 Å². The molecule has 0 aromatic carbocycles. The van der Waals surface area contributed by atoms with Crippen molar-refractivity contribution in [2.24, 2.45) is 5.84 Å². The molecular weight excluding hydrogens is 244 g/mol. The molecule has 1 atom stereocenters. The van der Waals surface area contributed by atoms with Gasteiger partial charge in [-0.25, -0.2) is 10.8 Å². The second kappa shape index (κ2) is 7.06. The molecule has 0 saturated carbocycles. The highest BCUT2D eigenvalue weighted by molar-refractivity contribution is 5.95.